The Hall–Kier alpha value is 1.24. The number of hydrogen-bond donors (Lipinski definition) is 0. The van der Waals surface area contributed by atoms with Gasteiger partial charge < -0.3 is 25.4 Å². The van der Waals surface area contributed by atoms with Crippen molar-refractivity contribution in [2.45, 2.75) is 0 Å². The first-order chi connectivity index (χ1) is 3.15. The SMILES string of the molecule is O=N[O-].O=[N+]([O-])[O-].[K+].[Na+]. The average molecular weight is 170 g/mol. The molecule has 0 rings (SSSR count). The predicted molar refractivity (Wildman–Crippen MR) is 19.5 cm³/mol. The Balaban J connectivity index is -0.0000000233. The molecule has 0 fully saturated rings. The van der Waals surface area contributed by atoms with Crippen LogP contribution in [0.2, 0.25) is 0 Å². The van der Waals surface area contributed by atoms with Gasteiger partial charge in [0.05, 0.1) is 5.09 Å². The van der Waals surface area contributed by atoms with Gasteiger partial charge in [-0.05, 0) is 0 Å². The van der Waals surface area contributed by atoms with Crippen molar-refractivity contribution in [1.82, 2.24) is 0 Å². The summed E-state index contributed by atoms with van der Waals surface area (Å²) in [5.41, 5.74) is 0. The van der Waals surface area contributed by atoms with Gasteiger partial charge in [0.1, 0.15) is 0 Å². The monoisotopic (exact) mass is 170 g/mol. The zero-order chi connectivity index (χ0) is 6.28. The Morgan fingerprint density at radius 3 is 1.33 bits per heavy atom. The molecule has 0 aliphatic heterocycles. The van der Waals surface area contributed by atoms with Gasteiger partial charge in [0.2, 0.25) is 0 Å². The fourth-order valence-electron chi connectivity index (χ4n) is 0. The van der Waals surface area contributed by atoms with E-state index in [1.807, 2.05) is 0 Å². The quantitative estimate of drug-likeness (QED) is 0.155. The van der Waals surface area contributed by atoms with Crippen LogP contribution in [0.5, 0.6) is 0 Å². The second-order valence-corrected chi connectivity index (χ2v) is 0.298. The third-order valence-corrected chi connectivity index (χ3v) is 0. The van der Waals surface area contributed by atoms with Crippen LogP contribution in [0.15, 0.2) is 5.34 Å². The van der Waals surface area contributed by atoms with Gasteiger partial charge in [0.15, 0.2) is 0 Å². The summed E-state index contributed by atoms with van der Waals surface area (Å²) in [4.78, 5) is 16.2. The maximum atomic E-state index is 8.25. The van der Waals surface area contributed by atoms with Crippen molar-refractivity contribution in [3.63, 3.8) is 0 Å². The normalized spacial score (nSPS) is 4.00. The summed E-state index contributed by atoms with van der Waals surface area (Å²) in [6, 6.07) is 0. The Morgan fingerprint density at radius 1 is 1.33 bits per heavy atom. The van der Waals surface area contributed by atoms with Gasteiger partial charge >= 0.3 is 80.9 Å². The molecule has 7 nitrogen and oxygen atoms in total. The van der Waals surface area contributed by atoms with E-state index in [1.54, 1.807) is 0 Å². The van der Waals surface area contributed by atoms with Gasteiger partial charge in [-0.25, -0.2) is 0 Å². The van der Waals surface area contributed by atoms with Gasteiger partial charge in [-0.2, -0.15) is 0 Å². The number of nitrogens with zero attached hydrogens (tertiary/aromatic N) is 2. The standard InChI is InChI=1S/K.NO3.HNO2.Na/c;2-1(3)4;2-1-3;/h;;(H,2,3);/q+1;-1;;+1/p-1. The molecule has 0 heterocycles. The van der Waals surface area contributed by atoms with Crippen molar-refractivity contribution < 1.29 is 86.0 Å². The van der Waals surface area contributed by atoms with E-state index >= 15 is 0 Å². The van der Waals surface area contributed by atoms with Gasteiger partial charge in [0.25, 0.3) is 0 Å². The molecule has 0 saturated carbocycles. The van der Waals surface area contributed by atoms with Gasteiger partial charge in [-0.3, -0.25) is 0 Å². The maximum absolute atomic E-state index is 8.25. The molecule has 0 spiro atoms. The summed E-state index contributed by atoms with van der Waals surface area (Å²) >= 11 is 0. The Morgan fingerprint density at radius 2 is 1.33 bits per heavy atom. The zero-order valence-electron chi connectivity index (χ0n) is 4.94. The van der Waals surface area contributed by atoms with Crippen LogP contribution in [0, 0.1) is 25.4 Å². The first-order valence-electron chi connectivity index (χ1n) is 0.913. The van der Waals surface area contributed by atoms with Crippen molar-refractivity contribution >= 4 is 0 Å². The molecule has 0 unspecified atom stereocenters. The average Bonchev–Trinajstić information content (AvgIpc) is 1.33. The summed E-state index contributed by atoms with van der Waals surface area (Å²) < 4.78 is 0. The van der Waals surface area contributed by atoms with Crippen LogP contribution in [0.25, 0.3) is 0 Å². The van der Waals surface area contributed by atoms with Crippen LogP contribution in [0.4, 0.5) is 0 Å². The van der Waals surface area contributed by atoms with E-state index in [0.717, 1.165) is 5.34 Å². The molecular weight excluding hydrogens is 170 g/mol. The molecule has 0 amide bonds. The van der Waals surface area contributed by atoms with Crippen LogP contribution < -0.4 is 80.9 Å². The fourth-order valence-corrected chi connectivity index (χ4v) is 0. The molecule has 0 aliphatic rings. The van der Waals surface area contributed by atoms with Gasteiger partial charge in [-0.15, -0.1) is 5.34 Å². The third-order valence-electron chi connectivity index (χ3n) is 0. The Labute approximate surface area is 115 Å². The molecule has 0 aliphatic carbocycles. The second kappa shape index (κ2) is 22.9. The van der Waals surface area contributed by atoms with E-state index in [4.69, 9.17) is 25.4 Å². The van der Waals surface area contributed by atoms with Crippen molar-refractivity contribution in [2.75, 3.05) is 0 Å². The Bertz CT molecular complexity index is 62.0. The van der Waals surface area contributed by atoms with Crippen molar-refractivity contribution in [3.05, 3.63) is 25.4 Å². The molecule has 42 valence electrons. The minimum Gasteiger partial charge on any atom is -0.444 e. The largest absolute Gasteiger partial charge is 1.00 e. The predicted octanol–water partition coefficient (Wildman–Crippen LogP) is -5.98. The molecule has 0 atom stereocenters. The smallest absolute Gasteiger partial charge is 0.444 e. The fraction of sp³-hybridized carbons (Fsp3) is 0. The molecular formula is KN2NaO5. The molecule has 0 aromatic carbocycles. The van der Waals surface area contributed by atoms with Crippen molar-refractivity contribution in [3.8, 4) is 0 Å². The molecule has 0 N–H and O–H groups in total. The van der Waals surface area contributed by atoms with Crippen molar-refractivity contribution in [1.29, 1.82) is 0 Å². The summed E-state index contributed by atoms with van der Waals surface area (Å²) in [6.45, 7) is 0. The number of hydrogen-bond acceptors (Lipinski definition) is 6. The molecule has 9 heteroatoms. The summed E-state index contributed by atoms with van der Waals surface area (Å²) in [6.07, 6.45) is 0. The third kappa shape index (κ3) is 316. The molecule has 0 aromatic heterocycles. The van der Waals surface area contributed by atoms with E-state index in [2.05, 4.69) is 0 Å². The van der Waals surface area contributed by atoms with Crippen LogP contribution in [0.1, 0.15) is 0 Å². The van der Waals surface area contributed by atoms with E-state index in [0.29, 0.717) is 0 Å². The van der Waals surface area contributed by atoms with Crippen LogP contribution in [-0.2, 0) is 0 Å². The van der Waals surface area contributed by atoms with Gasteiger partial charge in [-0.1, -0.05) is 0 Å². The first kappa shape index (κ1) is 22.5. The molecule has 0 radical (unpaired) electrons. The van der Waals surface area contributed by atoms with Crippen LogP contribution >= 0.6 is 0 Å². The number of rotatable bonds is 0. The second-order valence-electron chi connectivity index (χ2n) is 0.298. The van der Waals surface area contributed by atoms with E-state index in [1.165, 1.54) is 0 Å². The minimum absolute atomic E-state index is 0. The summed E-state index contributed by atoms with van der Waals surface area (Å²) in [5.74, 6) is 0. The van der Waals surface area contributed by atoms with E-state index < -0.39 is 5.09 Å². The first-order valence-corrected chi connectivity index (χ1v) is 0.913. The van der Waals surface area contributed by atoms with Crippen LogP contribution in [-0.4, -0.2) is 5.09 Å². The summed E-state index contributed by atoms with van der Waals surface area (Å²) in [7, 11) is 0. The zero-order valence-corrected chi connectivity index (χ0v) is 10.1. The molecule has 9 heavy (non-hydrogen) atoms. The molecule has 0 saturated heterocycles. The van der Waals surface area contributed by atoms with Crippen molar-refractivity contribution in [2.24, 2.45) is 5.34 Å². The van der Waals surface area contributed by atoms with E-state index in [-0.39, 0.29) is 80.9 Å². The van der Waals surface area contributed by atoms with E-state index in [9.17, 15) is 0 Å². The maximum Gasteiger partial charge on any atom is 1.00 e. The minimum atomic E-state index is -1.75. The summed E-state index contributed by atoms with van der Waals surface area (Å²) in [5, 5.41) is 23.8. The molecule has 0 aromatic rings. The molecule has 0 bridgehead atoms. The Kier molecular flexibility index (Phi) is 57.0. The van der Waals surface area contributed by atoms with Gasteiger partial charge in [0, 0.05) is 0 Å². The van der Waals surface area contributed by atoms with Crippen LogP contribution in [0.3, 0.4) is 0 Å². The topological polar surface area (TPSA) is 119 Å².